The van der Waals surface area contributed by atoms with E-state index in [-0.39, 0.29) is 5.78 Å². The second kappa shape index (κ2) is 5.87. The summed E-state index contributed by atoms with van der Waals surface area (Å²) < 4.78 is 0. The molecule has 0 aliphatic carbocycles. The summed E-state index contributed by atoms with van der Waals surface area (Å²) in [4.78, 5) is 17.0. The first-order valence-corrected chi connectivity index (χ1v) is 8.20. The number of likely N-dealkylation sites (N-methyl/N-ethyl adjacent to an activating group) is 1. The van der Waals surface area contributed by atoms with Gasteiger partial charge in [-0.1, -0.05) is 12.1 Å². The van der Waals surface area contributed by atoms with E-state index in [2.05, 4.69) is 11.9 Å². The van der Waals surface area contributed by atoms with Crippen LogP contribution in [0.4, 0.5) is 0 Å². The lowest BCUT2D eigenvalue weighted by Crippen LogP contribution is -2.34. The number of thiophene rings is 2. The van der Waals surface area contributed by atoms with Crippen molar-refractivity contribution in [2.75, 3.05) is 20.1 Å². The summed E-state index contributed by atoms with van der Waals surface area (Å²) in [6.07, 6.45) is 4.04. The number of Topliss-reactive ketones (excluding diaryl/α,β-unsaturated/α-hetero) is 1. The minimum atomic E-state index is 0.185. The molecule has 2 aromatic heterocycles. The van der Waals surface area contributed by atoms with Crippen LogP contribution < -0.4 is 0 Å². The van der Waals surface area contributed by atoms with Gasteiger partial charge in [0.2, 0.25) is 0 Å². The smallest absolute Gasteiger partial charge is 0.187 e. The van der Waals surface area contributed by atoms with Gasteiger partial charge in [-0.05, 0) is 42.1 Å². The molecule has 1 saturated heterocycles. The molecule has 1 aliphatic heterocycles. The molecule has 2 nitrogen and oxygen atoms in total. The van der Waals surface area contributed by atoms with Crippen LogP contribution in [-0.2, 0) is 4.79 Å². The van der Waals surface area contributed by atoms with Crippen LogP contribution in [0.25, 0.3) is 12.2 Å². The zero-order valence-electron chi connectivity index (χ0n) is 11.2. The van der Waals surface area contributed by atoms with E-state index in [1.807, 2.05) is 47.2 Å². The molecule has 0 spiro atoms. The topological polar surface area (TPSA) is 20.3 Å². The first-order chi connectivity index (χ1) is 9.72. The normalized spacial score (nSPS) is 20.9. The zero-order chi connectivity index (χ0) is 13.9. The molecule has 0 unspecified atom stereocenters. The Labute approximate surface area is 126 Å². The Hall–Kier alpha value is -1.49. The first-order valence-electron chi connectivity index (χ1n) is 6.44. The van der Waals surface area contributed by atoms with E-state index in [0.29, 0.717) is 0 Å². The van der Waals surface area contributed by atoms with Crippen molar-refractivity contribution < 1.29 is 4.79 Å². The number of ketones is 1. The Kier molecular flexibility index (Phi) is 3.96. The fourth-order valence-corrected chi connectivity index (χ4v) is 3.66. The van der Waals surface area contributed by atoms with E-state index < -0.39 is 0 Å². The van der Waals surface area contributed by atoms with Crippen LogP contribution in [0.15, 0.2) is 46.2 Å². The van der Waals surface area contributed by atoms with Crippen LogP contribution in [0, 0.1) is 0 Å². The summed E-state index contributed by atoms with van der Waals surface area (Å²) in [6, 6.07) is 8.11. The molecular weight excluding hydrogens is 286 g/mol. The number of carbonyl (C=O) groups is 1. The second-order valence-corrected chi connectivity index (χ2v) is 6.83. The zero-order valence-corrected chi connectivity index (χ0v) is 12.8. The average Bonchev–Trinajstić information content (AvgIpc) is 3.08. The van der Waals surface area contributed by atoms with Gasteiger partial charge in [0.1, 0.15) is 0 Å². The molecule has 0 atom stereocenters. The van der Waals surface area contributed by atoms with E-state index in [1.165, 1.54) is 0 Å². The maximum absolute atomic E-state index is 12.6. The van der Waals surface area contributed by atoms with Crippen LogP contribution in [0.1, 0.15) is 9.75 Å². The quantitative estimate of drug-likeness (QED) is 0.787. The predicted molar refractivity (Wildman–Crippen MR) is 87.1 cm³/mol. The standard InChI is InChI=1S/C16H15NOS2/c1-17-10-12(8-14-4-2-6-19-14)16(18)13(11-17)9-15-5-3-7-20-15/h2-9H,10-11H2,1H3/b12-8-,13-9-. The van der Waals surface area contributed by atoms with Gasteiger partial charge in [-0.25, -0.2) is 0 Å². The van der Waals surface area contributed by atoms with Crippen molar-refractivity contribution in [3.05, 3.63) is 55.9 Å². The minimum Gasteiger partial charge on any atom is -0.298 e. The van der Waals surface area contributed by atoms with Gasteiger partial charge in [0.15, 0.2) is 5.78 Å². The van der Waals surface area contributed by atoms with Gasteiger partial charge >= 0.3 is 0 Å². The van der Waals surface area contributed by atoms with E-state index in [4.69, 9.17) is 0 Å². The highest BCUT2D eigenvalue weighted by Crippen LogP contribution is 2.23. The number of likely N-dealkylation sites (tertiary alicyclic amines) is 1. The van der Waals surface area contributed by atoms with Crippen LogP contribution in [-0.4, -0.2) is 30.8 Å². The van der Waals surface area contributed by atoms with Gasteiger partial charge in [0.05, 0.1) is 0 Å². The molecule has 0 aromatic carbocycles. The molecule has 102 valence electrons. The summed E-state index contributed by atoms with van der Waals surface area (Å²) in [5.74, 6) is 0.185. The van der Waals surface area contributed by atoms with Crippen molar-refractivity contribution >= 4 is 40.6 Å². The molecule has 3 rings (SSSR count). The number of carbonyl (C=O) groups excluding carboxylic acids is 1. The van der Waals surface area contributed by atoms with Crippen LogP contribution in [0.3, 0.4) is 0 Å². The summed E-state index contributed by atoms with van der Waals surface area (Å²) >= 11 is 3.32. The van der Waals surface area contributed by atoms with Gasteiger partial charge in [-0.3, -0.25) is 9.69 Å². The van der Waals surface area contributed by atoms with Crippen LogP contribution in [0.2, 0.25) is 0 Å². The molecule has 1 aliphatic rings. The third kappa shape index (κ3) is 2.98. The largest absolute Gasteiger partial charge is 0.298 e. The third-order valence-corrected chi connectivity index (χ3v) is 4.82. The molecule has 0 saturated carbocycles. The molecule has 20 heavy (non-hydrogen) atoms. The summed E-state index contributed by atoms with van der Waals surface area (Å²) in [5, 5.41) is 4.07. The van der Waals surface area contributed by atoms with Crippen molar-refractivity contribution in [2.45, 2.75) is 0 Å². The van der Waals surface area contributed by atoms with Gasteiger partial charge in [-0.2, -0.15) is 0 Å². The van der Waals surface area contributed by atoms with Crippen molar-refractivity contribution in [2.24, 2.45) is 0 Å². The van der Waals surface area contributed by atoms with Gasteiger partial charge in [0.25, 0.3) is 0 Å². The second-order valence-electron chi connectivity index (χ2n) is 4.87. The van der Waals surface area contributed by atoms with E-state index >= 15 is 0 Å². The van der Waals surface area contributed by atoms with Gasteiger partial charge in [0, 0.05) is 34.0 Å². The fourth-order valence-electron chi connectivity index (χ4n) is 2.30. The Morgan fingerprint density at radius 3 is 1.90 bits per heavy atom. The van der Waals surface area contributed by atoms with Crippen molar-refractivity contribution in [3.8, 4) is 0 Å². The lowest BCUT2D eigenvalue weighted by molar-refractivity contribution is -0.113. The molecule has 3 heterocycles. The summed E-state index contributed by atoms with van der Waals surface area (Å²) in [6.45, 7) is 1.44. The summed E-state index contributed by atoms with van der Waals surface area (Å²) in [7, 11) is 2.05. The van der Waals surface area contributed by atoms with Gasteiger partial charge in [-0.15, -0.1) is 22.7 Å². The minimum absolute atomic E-state index is 0.185. The molecule has 2 aromatic rings. The molecule has 0 amide bonds. The highest BCUT2D eigenvalue weighted by Gasteiger charge is 2.23. The van der Waals surface area contributed by atoms with E-state index in [9.17, 15) is 4.79 Å². The van der Waals surface area contributed by atoms with Crippen molar-refractivity contribution in [1.82, 2.24) is 4.90 Å². The summed E-state index contributed by atoms with van der Waals surface area (Å²) in [5.41, 5.74) is 1.76. The monoisotopic (exact) mass is 301 g/mol. The highest BCUT2D eigenvalue weighted by atomic mass is 32.1. The number of hydrogen-bond donors (Lipinski definition) is 0. The van der Waals surface area contributed by atoms with E-state index in [0.717, 1.165) is 34.0 Å². The van der Waals surface area contributed by atoms with Crippen LogP contribution >= 0.6 is 22.7 Å². The Morgan fingerprint density at radius 1 is 1.00 bits per heavy atom. The maximum Gasteiger partial charge on any atom is 0.187 e. The van der Waals surface area contributed by atoms with Crippen molar-refractivity contribution in [1.29, 1.82) is 0 Å². The molecule has 0 radical (unpaired) electrons. The molecule has 0 bridgehead atoms. The number of rotatable bonds is 2. The van der Waals surface area contributed by atoms with Crippen molar-refractivity contribution in [3.63, 3.8) is 0 Å². The third-order valence-electron chi connectivity index (χ3n) is 3.18. The SMILES string of the molecule is CN1C/C(=C/c2cccs2)C(=O)/C(=C\c2cccs2)C1. The molecule has 4 heteroatoms. The average molecular weight is 301 g/mol. The maximum atomic E-state index is 12.6. The Bertz CT molecular complexity index is 594. The Morgan fingerprint density at radius 2 is 1.50 bits per heavy atom. The van der Waals surface area contributed by atoms with Gasteiger partial charge < -0.3 is 0 Å². The lowest BCUT2D eigenvalue weighted by atomic mass is 9.97. The van der Waals surface area contributed by atoms with Crippen LogP contribution in [0.5, 0.6) is 0 Å². The lowest BCUT2D eigenvalue weighted by Gasteiger charge is -2.25. The number of piperidine rings is 1. The molecule has 1 fully saturated rings. The number of nitrogens with zero attached hydrogens (tertiary/aromatic N) is 1. The first kappa shape index (κ1) is 13.5. The molecule has 0 N–H and O–H groups in total. The molecular formula is C16H15NOS2. The number of hydrogen-bond acceptors (Lipinski definition) is 4. The highest BCUT2D eigenvalue weighted by molar-refractivity contribution is 7.11. The van der Waals surface area contributed by atoms with E-state index in [1.54, 1.807) is 22.7 Å². The Balaban J connectivity index is 1.92. The predicted octanol–water partition coefficient (Wildman–Crippen LogP) is 3.79. The fraction of sp³-hybridized carbons (Fsp3) is 0.188.